The van der Waals surface area contributed by atoms with E-state index in [9.17, 15) is 14.7 Å². The molecule has 0 aliphatic heterocycles. The lowest BCUT2D eigenvalue weighted by molar-refractivity contribution is 0.0526. The van der Waals surface area contributed by atoms with E-state index in [1.54, 1.807) is 55.5 Å². The molecule has 36 heavy (non-hydrogen) atoms. The van der Waals surface area contributed by atoms with E-state index in [4.69, 9.17) is 21.3 Å². The molecule has 5 rings (SSSR count). The molecule has 0 spiro atoms. The van der Waals surface area contributed by atoms with E-state index in [0.717, 1.165) is 29.7 Å². The molecule has 0 radical (unpaired) electrons. The Labute approximate surface area is 217 Å². The standard InChI is InChI=1S/C28H25ClN2O4S/c1-3-35-28(34)24-19-13-12-16(2)14-23(19)36-25(24)30-15-20-17-8-4-5-9-18(17)26(32)31(27(20)33)22-11-7-6-10-21(22)29/h4-11,15-16,33H,3,12-14H2,1-2H3. The van der Waals surface area contributed by atoms with Crippen LogP contribution in [0.5, 0.6) is 5.88 Å². The third-order valence-electron chi connectivity index (χ3n) is 6.48. The molecule has 1 N–H and O–H groups in total. The van der Waals surface area contributed by atoms with Crippen LogP contribution in [0, 0.1) is 5.92 Å². The van der Waals surface area contributed by atoms with Crippen molar-refractivity contribution in [3.63, 3.8) is 0 Å². The number of esters is 1. The predicted octanol–water partition coefficient (Wildman–Crippen LogP) is 6.46. The normalized spacial score (nSPS) is 15.4. The van der Waals surface area contributed by atoms with E-state index >= 15 is 0 Å². The number of aromatic nitrogens is 1. The maximum atomic E-state index is 13.3. The summed E-state index contributed by atoms with van der Waals surface area (Å²) >= 11 is 7.87. The van der Waals surface area contributed by atoms with E-state index in [2.05, 4.69) is 6.92 Å². The lowest BCUT2D eigenvalue weighted by Gasteiger charge is -2.18. The predicted molar refractivity (Wildman–Crippen MR) is 145 cm³/mol. The molecule has 184 valence electrons. The summed E-state index contributed by atoms with van der Waals surface area (Å²) < 4.78 is 6.55. The molecule has 1 aliphatic rings. The van der Waals surface area contributed by atoms with Crippen molar-refractivity contribution in [3.8, 4) is 11.6 Å². The molecule has 4 aromatic rings. The first-order valence-electron chi connectivity index (χ1n) is 11.9. The Morgan fingerprint density at radius 1 is 1.22 bits per heavy atom. The highest BCUT2D eigenvalue weighted by molar-refractivity contribution is 7.16. The summed E-state index contributed by atoms with van der Waals surface area (Å²) in [6, 6.07) is 13.9. The van der Waals surface area contributed by atoms with E-state index < -0.39 is 0 Å². The van der Waals surface area contributed by atoms with Crippen LogP contribution in [0.1, 0.15) is 46.6 Å². The van der Waals surface area contributed by atoms with Crippen molar-refractivity contribution < 1.29 is 14.6 Å². The maximum absolute atomic E-state index is 13.3. The summed E-state index contributed by atoms with van der Waals surface area (Å²) in [5.41, 5.74) is 1.86. The Bertz CT molecular complexity index is 1570. The molecular weight excluding hydrogens is 496 g/mol. The highest BCUT2D eigenvalue weighted by Gasteiger charge is 2.28. The van der Waals surface area contributed by atoms with Crippen molar-refractivity contribution >= 4 is 50.9 Å². The summed E-state index contributed by atoms with van der Waals surface area (Å²) in [4.78, 5) is 32.1. The Balaban J connectivity index is 1.71. The molecule has 2 heterocycles. The van der Waals surface area contributed by atoms with Crippen LogP contribution in [0.4, 0.5) is 5.00 Å². The Morgan fingerprint density at radius 2 is 1.94 bits per heavy atom. The minimum Gasteiger partial charge on any atom is -0.494 e. The number of ether oxygens (including phenoxy) is 1. The van der Waals surface area contributed by atoms with Gasteiger partial charge in [-0.15, -0.1) is 11.3 Å². The van der Waals surface area contributed by atoms with Crippen LogP contribution in [-0.2, 0) is 17.6 Å². The molecule has 2 aromatic heterocycles. The zero-order valence-electron chi connectivity index (χ0n) is 20.0. The smallest absolute Gasteiger partial charge is 0.341 e. The summed E-state index contributed by atoms with van der Waals surface area (Å²) in [6.07, 6.45) is 4.23. The van der Waals surface area contributed by atoms with Gasteiger partial charge in [0, 0.05) is 21.9 Å². The summed E-state index contributed by atoms with van der Waals surface area (Å²) in [5.74, 6) is -0.120. The minimum absolute atomic E-state index is 0.275. The fourth-order valence-electron chi connectivity index (χ4n) is 4.71. The number of carbonyl (C=O) groups is 1. The van der Waals surface area contributed by atoms with Crippen molar-refractivity contribution in [1.82, 2.24) is 4.57 Å². The molecule has 1 atom stereocenters. The number of halogens is 1. The van der Waals surface area contributed by atoms with Gasteiger partial charge in [0.1, 0.15) is 5.00 Å². The summed E-state index contributed by atoms with van der Waals surface area (Å²) in [7, 11) is 0. The van der Waals surface area contributed by atoms with Gasteiger partial charge in [0.15, 0.2) is 0 Å². The van der Waals surface area contributed by atoms with Gasteiger partial charge in [-0.25, -0.2) is 14.4 Å². The minimum atomic E-state index is -0.388. The lowest BCUT2D eigenvalue weighted by atomic mass is 9.88. The van der Waals surface area contributed by atoms with Gasteiger partial charge in [0.05, 0.1) is 28.4 Å². The second-order valence-corrected chi connectivity index (χ2v) is 10.4. The molecule has 2 aromatic carbocycles. The first-order chi connectivity index (χ1) is 17.4. The SMILES string of the molecule is CCOC(=O)c1c(N=Cc2c(O)n(-c3ccccc3Cl)c(=O)c3ccccc23)sc2c1CCC(C)C2. The molecule has 0 amide bonds. The van der Waals surface area contributed by atoms with Crippen molar-refractivity contribution in [2.45, 2.75) is 33.1 Å². The Morgan fingerprint density at radius 3 is 2.69 bits per heavy atom. The van der Waals surface area contributed by atoms with Crippen molar-refractivity contribution in [2.24, 2.45) is 10.9 Å². The molecule has 0 bridgehead atoms. The average Bonchev–Trinajstić information content (AvgIpc) is 3.22. The van der Waals surface area contributed by atoms with Gasteiger partial charge in [-0.05, 0) is 55.9 Å². The third-order valence-corrected chi connectivity index (χ3v) is 7.96. The van der Waals surface area contributed by atoms with Gasteiger partial charge in [0.25, 0.3) is 5.56 Å². The Kier molecular flexibility index (Phi) is 6.69. The van der Waals surface area contributed by atoms with Crippen LogP contribution in [0.25, 0.3) is 16.5 Å². The number of rotatable bonds is 5. The number of hydrogen-bond donors (Lipinski definition) is 1. The number of aromatic hydroxyl groups is 1. The van der Waals surface area contributed by atoms with Gasteiger partial charge >= 0.3 is 5.97 Å². The van der Waals surface area contributed by atoms with Crippen LogP contribution < -0.4 is 5.56 Å². The molecule has 0 saturated carbocycles. The topological polar surface area (TPSA) is 80.9 Å². The highest BCUT2D eigenvalue weighted by Crippen LogP contribution is 2.42. The monoisotopic (exact) mass is 520 g/mol. The van der Waals surface area contributed by atoms with Crippen LogP contribution in [0.2, 0.25) is 5.02 Å². The lowest BCUT2D eigenvalue weighted by Crippen LogP contribution is -2.20. The van der Waals surface area contributed by atoms with E-state index in [-0.39, 0.29) is 24.0 Å². The van der Waals surface area contributed by atoms with Crippen molar-refractivity contribution in [1.29, 1.82) is 0 Å². The first kappa shape index (κ1) is 24.3. The number of benzene rings is 2. The van der Waals surface area contributed by atoms with Crippen LogP contribution in [0.3, 0.4) is 0 Å². The maximum Gasteiger partial charge on any atom is 0.341 e. The number of aliphatic imine (C=N–C) groups is 1. The van der Waals surface area contributed by atoms with Gasteiger partial charge in [0.2, 0.25) is 5.88 Å². The van der Waals surface area contributed by atoms with Crippen molar-refractivity contribution in [2.75, 3.05) is 6.61 Å². The van der Waals surface area contributed by atoms with Crippen LogP contribution >= 0.6 is 22.9 Å². The number of nitrogens with zero attached hydrogens (tertiary/aromatic N) is 2. The van der Waals surface area contributed by atoms with Crippen LogP contribution in [0.15, 0.2) is 58.3 Å². The second-order valence-electron chi connectivity index (χ2n) is 8.89. The largest absolute Gasteiger partial charge is 0.494 e. The zero-order valence-corrected chi connectivity index (χ0v) is 21.5. The third kappa shape index (κ3) is 4.22. The van der Waals surface area contributed by atoms with Gasteiger partial charge in [-0.2, -0.15) is 0 Å². The number of fused-ring (bicyclic) bond motifs is 2. The Hall–Kier alpha value is -3.42. The molecule has 1 aliphatic carbocycles. The van der Waals surface area contributed by atoms with E-state index in [1.165, 1.54) is 22.1 Å². The zero-order chi connectivity index (χ0) is 25.4. The number of thiophene rings is 1. The summed E-state index contributed by atoms with van der Waals surface area (Å²) in [6.45, 7) is 4.26. The molecular formula is C28H25ClN2O4S. The van der Waals surface area contributed by atoms with Crippen LogP contribution in [-0.4, -0.2) is 28.5 Å². The quantitative estimate of drug-likeness (QED) is 0.242. The van der Waals surface area contributed by atoms with Crippen molar-refractivity contribution in [3.05, 3.63) is 85.5 Å². The fourth-order valence-corrected chi connectivity index (χ4v) is 6.27. The first-order valence-corrected chi connectivity index (χ1v) is 13.1. The molecule has 0 saturated heterocycles. The number of carbonyl (C=O) groups excluding carboxylic acids is 1. The van der Waals surface area contributed by atoms with Gasteiger partial charge in [-0.3, -0.25) is 4.79 Å². The number of pyridine rings is 1. The van der Waals surface area contributed by atoms with E-state index in [1.807, 2.05) is 0 Å². The van der Waals surface area contributed by atoms with Gasteiger partial charge in [-0.1, -0.05) is 48.9 Å². The second kappa shape index (κ2) is 9.91. The highest BCUT2D eigenvalue weighted by atomic mass is 35.5. The summed E-state index contributed by atoms with van der Waals surface area (Å²) in [5, 5.41) is 13.2. The average molecular weight is 521 g/mol. The molecule has 6 nitrogen and oxygen atoms in total. The molecule has 0 fully saturated rings. The van der Waals surface area contributed by atoms with E-state index in [0.29, 0.717) is 43.5 Å². The molecule has 1 unspecified atom stereocenters. The van der Waals surface area contributed by atoms with Gasteiger partial charge < -0.3 is 9.84 Å². The molecule has 8 heteroatoms. The fraction of sp³-hybridized carbons (Fsp3) is 0.250. The number of hydrogen-bond acceptors (Lipinski definition) is 6. The number of para-hydroxylation sites is 1.